The number of rotatable bonds is 4. The third-order valence-corrected chi connectivity index (χ3v) is 4.15. The third kappa shape index (κ3) is 3.89. The molecule has 3 heteroatoms. The van der Waals surface area contributed by atoms with Gasteiger partial charge in [0.05, 0.1) is 11.4 Å². The number of aryl methyl sites for hydroxylation is 3. The fourth-order valence-electron chi connectivity index (χ4n) is 2.66. The molecule has 0 saturated heterocycles. The zero-order valence-electron chi connectivity index (χ0n) is 14.9. The van der Waals surface area contributed by atoms with Gasteiger partial charge in [-0.2, -0.15) is 0 Å². The molecule has 0 spiro atoms. The number of para-hydroxylation sites is 1. The fourth-order valence-corrected chi connectivity index (χ4v) is 2.66. The lowest BCUT2D eigenvalue weighted by Gasteiger charge is -2.22. The largest absolute Gasteiger partial charge is 0.382 e. The molecular weight excluding hydrogens is 306 g/mol. The molecule has 0 radical (unpaired) electrons. The number of nitrogens with two attached hydrogens (primary N) is 1. The Morgan fingerprint density at radius 2 is 1.44 bits per heavy atom. The lowest BCUT2D eigenvalue weighted by molar-refractivity contribution is 1.06. The molecule has 0 aliphatic heterocycles. The van der Waals surface area contributed by atoms with E-state index in [1.54, 1.807) is 0 Å². The van der Waals surface area contributed by atoms with Gasteiger partial charge in [-0.15, -0.1) is 5.10 Å². The minimum absolute atomic E-state index is 0.491. The summed E-state index contributed by atoms with van der Waals surface area (Å²) in [7, 11) is 0. The van der Waals surface area contributed by atoms with Crippen molar-refractivity contribution in [3.05, 3.63) is 95.1 Å². The topological polar surface area (TPSA) is 41.6 Å². The van der Waals surface area contributed by atoms with Gasteiger partial charge in [-0.05, 0) is 50.1 Å². The zero-order valence-corrected chi connectivity index (χ0v) is 14.9. The predicted octanol–water partition coefficient (Wildman–Crippen LogP) is 5.07. The van der Waals surface area contributed by atoms with Crippen molar-refractivity contribution in [2.45, 2.75) is 20.8 Å². The van der Waals surface area contributed by atoms with E-state index in [0.717, 1.165) is 22.5 Å². The number of nitrogens with zero attached hydrogens (tertiary/aromatic N) is 2. The molecule has 0 saturated carbocycles. The highest BCUT2D eigenvalue weighted by molar-refractivity contribution is 5.98. The second kappa shape index (κ2) is 7.22. The van der Waals surface area contributed by atoms with Crippen molar-refractivity contribution in [1.82, 2.24) is 0 Å². The van der Waals surface area contributed by atoms with E-state index in [-0.39, 0.29) is 0 Å². The normalized spacial score (nSPS) is 11.4. The van der Waals surface area contributed by atoms with E-state index in [1.807, 2.05) is 59.6 Å². The van der Waals surface area contributed by atoms with E-state index < -0.39 is 0 Å². The van der Waals surface area contributed by atoms with Crippen LogP contribution in [0.3, 0.4) is 0 Å². The van der Waals surface area contributed by atoms with Crippen LogP contribution in [0.2, 0.25) is 0 Å². The quantitative estimate of drug-likeness (QED) is 0.412. The van der Waals surface area contributed by atoms with Crippen LogP contribution >= 0.6 is 0 Å². The highest BCUT2D eigenvalue weighted by Crippen LogP contribution is 2.29. The Labute approximate surface area is 149 Å². The smallest absolute Gasteiger partial charge is 0.151 e. The van der Waals surface area contributed by atoms with Crippen LogP contribution in [0.5, 0.6) is 0 Å². The molecule has 3 rings (SSSR count). The van der Waals surface area contributed by atoms with Crippen LogP contribution in [0.4, 0.5) is 11.4 Å². The van der Waals surface area contributed by atoms with Gasteiger partial charge in [0, 0.05) is 5.56 Å². The maximum Gasteiger partial charge on any atom is 0.151 e. The molecule has 0 unspecified atom stereocenters. The SMILES string of the molecule is Cc1ccc(C(N)=NN(c2ccccc2)c2cc(C)ccc2C)cc1. The van der Waals surface area contributed by atoms with Gasteiger partial charge in [-0.25, -0.2) is 5.01 Å². The van der Waals surface area contributed by atoms with Gasteiger partial charge >= 0.3 is 0 Å². The van der Waals surface area contributed by atoms with Crippen molar-refractivity contribution in [2.75, 3.05) is 5.01 Å². The first kappa shape index (κ1) is 16.8. The van der Waals surface area contributed by atoms with E-state index in [9.17, 15) is 0 Å². The lowest BCUT2D eigenvalue weighted by atomic mass is 10.1. The summed E-state index contributed by atoms with van der Waals surface area (Å²) in [6.45, 7) is 6.23. The van der Waals surface area contributed by atoms with Crippen LogP contribution < -0.4 is 10.7 Å². The van der Waals surface area contributed by atoms with Crippen molar-refractivity contribution >= 4 is 17.2 Å². The van der Waals surface area contributed by atoms with E-state index in [4.69, 9.17) is 10.8 Å². The minimum Gasteiger partial charge on any atom is -0.382 e. The Bertz CT molecular complexity index is 881. The number of anilines is 2. The zero-order chi connectivity index (χ0) is 17.8. The summed E-state index contributed by atoms with van der Waals surface area (Å²) in [5.74, 6) is 0.491. The Kier molecular flexibility index (Phi) is 4.85. The molecular formula is C22H23N3. The van der Waals surface area contributed by atoms with E-state index in [1.165, 1.54) is 11.1 Å². The monoisotopic (exact) mass is 329 g/mol. The summed E-state index contributed by atoms with van der Waals surface area (Å²) in [5.41, 5.74) is 12.8. The summed E-state index contributed by atoms with van der Waals surface area (Å²) in [6, 6.07) is 24.5. The van der Waals surface area contributed by atoms with Crippen LogP contribution in [-0.2, 0) is 0 Å². The van der Waals surface area contributed by atoms with Crippen molar-refractivity contribution < 1.29 is 0 Å². The van der Waals surface area contributed by atoms with E-state index in [2.05, 4.69) is 39.0 Å². The third-order valence-electron chi connectivity index (χ3n) is 4.15. The molecule has 0 heterocycles. The number of hydrazone groups is 1. The van der Waals surface area contributed by atoms with Gasteiger partial charge in [0.2, 0.25) is 0 Å². The number of hydrogen-bond donors (Lipinski definition) is 1. The summed E-state index contributed by atoms with van der Waals surface area (Å²) in [5, 5.41) is 6.66. The van der Waals surface area contributed by atoms with Gasteiger partial charge in [-0.1, -0.05) is 60.2 Å². The minimum atomic E-state index is 0.491. The number of hydrogen-bond acceptors (Lipinski definition) is 2. The second-order valence-corrected chi connectivity index (χ2v) is 6.29. The molecule has 0 bridgehead atoms. The van der Waals surface area contributed by atoms with E-state index >= 15 is 0 Å². The number of amidine groups is 1. The predicted molar refractivity (Wildman–Crippen MR) is 106 cm³/mol. The molecule has 3 aromatic rings. The lowest BCUT2D eigenvalue weighted by Crippen LogP contribution is -2.21. The molecule has 2 N–H and O–H groups in total. The summed E-state index contributed by atoms with van der Waals surface area (Å²) >= 11 is 0. The second-order valence-electron chi connectivity index (χ2n) is 6.29. The van der Waals surface area contributed by atoms with Gasteiger partial charge in [0.25, 0.3) is 0 Å². The molecule has 0 atom stereocenters. The van der Waals surface area contributed by atoms with Crippen molar-refractivity contribution in [1.29, 1.82) is 0 Å². The van der Waals surface area contributed by atoms with Crippen LogP contribution in [-0.4, -0.2) is 5.84 Å². The van der Waals surface area contributed by atoms with Gasteiger partial charge in [0.15, 0.2) is 5.84 Å². The molecule has 0 amide bonds. The Balaban J connectivity index is 2.10. The maximum absolute atomic E-state index is 6.32. The van der Waals surface area contributed by atoms with E-state index in [0.29, 0.717) is 5.84 Å². The molecule has 25 heavy (non-hydrogen) atoms. The number of benzene rings is 3. The molecule has 0 fully saturated rings. The van der Waals surface area contributed by atoms with Crippen LogP contribution in [0, 0.1) is 20.8 Å². The highest BCUT2D eigenvalue weighted by Gasteiger charge is 2.12. The Hall–Kier alpha value is -3.07. The molecule has 3 aromatic carbocycles. The fraction of sp³-hybridized carbons (Fsp3) is 0.136. The van der Waals surface area contributed by atoms with Crippen LogP contribution in [0.15, 0.2) is 77.9 Å². The summed E-state index contributed by atoms with van der Waals surface area (Å²) in [4.78, 5) is 0. The average molecular weight is 329 g/mol. The van der Waals surface area contributed by atoms with Crippen molar-refractivity contribution in [2.24, 2.45) is 10.8 Å². The molecule has 0 aliphatic carbocycles. The Morgan fingerprint density at radius 1 is 0.800 bits per heavy atom. The summed E-state index contributed by atoms with van der Waals surface area (Å²) < 4.78 is 0. The highest BCUT2D eigenvalue weighted by atomic mass is 15.5. The first-order chi connectivity index (χ1) is 12.0. The maximum atomic E-state index is 6.32. The molecule has 0 aliphatic rings. The molecule has 126 valence electrons. The van der Waals surface area contributed by atoms with Crippen molar-refractivity contribution in [3.8, 4) is 0 Å². The van der Waals surface area contributed by atoms with Crippen LogP contribution in [0.25, 0.3) is 0 Å². The Morgan fingerprint density at radius 3 is 2.12 bits per heavy atom. The first-order valence-corrected chi connectivity index (χ1v) is 8.38. The van der Waals surface area contributed by atoms with Crippen molar-refractivity contribution in [3.63, 3.8) is 0 Å². The van der Waals surface area contributed by atoms with Gasteiger partial charge < -0.3 is 5.73 Å². The first-order valence-electron chi connectivity index (χ1n) is 8.38. The summed E-state index contributed by atoms with van der Waals surface area (Å²) in [6.07, 6.45) is 0. The molecule has 3 nitrogen and oxygen atoms in total. The van der Waals surface area contributed by atoms with Crippen LogP contribution in [0.1, 0.15) is 22.3 Å². The molecule has 0 aromatic heterocycles. The average Bonchev–Trinajstić information content (AvgIpc) is 2.63. The van der Waals surface area contributed by atoms with Gasteiger partial charge in [-0.3, -0.25) is 0 Å². The van der Waals surface area contributed by atoms with Gasteiger partial charge in [0.1, 0.15) is 0 Å². The standard InChI is InChI=1S/C22H23N3/c1-16-10-13-19(14-11-16)22(23)24-25(20-7-5-4-6-8-20)21-15-17(2)9-12-18(21)3/h4-15H,1-3H3,(H2,23,24).